The summed E-state index contributed by atoms with van der Waals surface area (Å²) in [6.45, 7) is 4.63. The third-order valence-corrected chi connectivity index (χ3v) is 11.3. The summed E-state index contributed by atoms with van der Waals surface area (Å²) in [6.07, 6.45) is 6.35. The van der Waals surface area contributed by atoms with Crippen LogP contribution in [-0.4, -0.2) is 15.5 Å². The van der Waals surface area contributed by atoms with Crippen molar-refractivity contribution in [3.8, 4) is 0 Å². The summed E-state index contributed by atoms with van der Waals surface area (Å²) in [7, 11) is 0. The minimum absolute atomic E-state index is 0.0720. The van der Waals surface area contributed by atoms with Crippen LogP contribution in [-0.2, 0) is 11.3 Å². The lowest BCUT2D eigenvalue weighted by molar-refractivity contribution is -0.0990. The van der Waals surface area contributed by atoms with E-state index in [2.05, 4.69) is 36.1 Å². The zero-order valence-corrected chi connectivity index (χ0v) is 22.3. The van der Waals surface area contributed by atoms with Crippen molar-refractivity contribution in [1.82, 2.24) is 0 Å². The average molecular weight is 592 g/mol. The maximum absolute atomic E-state index is 14.2. The van der Waals surface area contributed by atoms with Crippen molar-refractivity contribution in [3.05, 3.63) is 92.8 Å². The van der Waals surface area contributed by atoms with Crippen LogP contribution < -0.4 is 5.73 Å². The Morgan fingerprint density at radius 1 is 1.21 bits per heavy atom. The third-order valence-electron chi connectivity index (χ3n) is 7.92. The molecule has 2 aliphatic carbocycles. The number of nitrogens with two attached hydrogens (primary N) is 1. The lowest BCUT2D eigenvalue weighted by atomic mass is 9.66. The molecule has 1 heterocycles. The number of benzene rings is 2. The molecule has 1 fully saturated rings. The highest BCUT2D eigenvalue weighted by Gasteiger charge is 2.54. The van der Waals surface area contributed by atoms with Gasteiger partial charge in [-0.25, -0.2) is 4.39 Å². The van der Waals surface area contributed by atoms with E-state index in [1.807, 2.05) is 12.1 Å². The van der Waals surface area contributed by atoms with Gasteiger partial charge in [-0.3, -0.25) is 4.79 Å². The van der Waals surface area contributed by atoms with Crippen LogP contribution in [0.4, 0.5) is 4.39 Å². The summed E-state index contributed by atoms with van der Waals surface area (Å²) in [5.74, 6) is -1.36. The van der Waals surface area contributed by atoms with Crippen molar-refractivity contribution in [2.75, 3.05) is 0 Å². The zero-order chi connectivity index (χ0) is 24.1. The van der Waals surface area contributed by atoms with Gasteiger partial charge in [0, 0.05) is 14.4 Å². The molecule has 2 aromatic rings. The van der Waals surface area contributed by atoms with Crippen LogP contribution in [0.5, 0.6) is 0 Å². The topological polar surface area (TPSA) is 52.3 Å². The van der Waals surface area contributed by atoms with Gasteiger partial charge in [0.05, 0.1) is 17.8 Å². The maximum atomic E-state index is 14.2. The molecule has 1 saturated carbocycles. The quantitative estimate of drug-likeness (QED) is 0.295. The first-order valence-electron chi connectivity index (χ1n) is 11.5. The smallest absolute Gasteiger partial charge is 0.252 e. The standard InChI is InChI=1S/C28H28ClFINO2/c1-27-14-20-15-31-24(17-6-8-22(29)9-7-17)13-19(20)12-21(27)10-11-28(27,2)34-16-18-4-3-5-23(30)25(18)26(32)33/h3-9,12,15,24H,10-11,13-14,16H2,1-2H3,(H2,32,33)/t24?,27?,28-/m0/s1. The largest absolute Gasteiger partial charge is 0.370 e. The fourth-order valence-corrected chi connectivity index (χ4v) is 8.75. The number of fused-ring (bicyclic) bond motifs is 1. The molecule has 2 N–H and O–H groups in total. The number of carbonyl (C=O) groups is 1. The molecule has 2 aromatic carbocycles. The highest BCUT2D eigenvalue weighted by molar-refractivity contribution is 14.2. The number of rotatable bonds is 5. The molecule has 2 unspecified atom stereocenters. The highest BCUT2D eigenvalue weighted by Crippen LogP contribution is 2.59. The van der Waals surface area contributed by atoms with E-state index < -0.39 is 17.3 Å². The zero-order valence-electron chi connectivity index (χ0n) is 19.3. The predicted molar refractivity (Wildman–Crippen MR) is 144 cm³/mol. The van der Waals surface area contributed by atoms with Crippen molar-refractivity contribution >= 4 is 42.3 Å². The Hall–Kier alpha value is -1.83. The van der Waals surface area contributed by atoms with Crippen LogP contribution in [0.25, 0.3) is 0 Å². The molecular weight excluding hydrogens is 564 g/mol. The van der Waals surface area contributed by atoms with Gasteiger partial charge in [0.25, 0.3) is 5.91 Å². The number of allylic oxidation sites excluding steroid dienone is 3. The molecule has 0 saturated heterocycles. The van der Waals surface area contributed by atoms with E-state index in [1.165, 1.54) is 28.3 Å². The van der Waals surface area contributed by atoms with Crippen LogP contribution in [0, 0.1) is 11.2 Å². The van der Waals surface area contributed by atoms with Crippen LogP contribution in [0.15, 0.2) is 65.3 Å². The summed E-state index contributed by atoms with van der Waals surface area (Å²) in [5.41, 5.74) is 11.1. The Kier molecular flexibility index (Phi) is 6.32. The van der Waals surface area contributed by atoms with Crippen molar-refractivity contribution in [3.63, 3.8) is 0 Å². The van der Waals surface area contributed by atoms with Crippen molar-refractivity contribution in [1.29, 1.82) is 0 Å². The molecule has 1 aliphatic heterocycles. The number of hydrogen-bond donors (Lipinski definition) is 1. The van der Waals surface area contributed by atoms with Gasteiger partial charge in [-0.15, -0.1) is 20.7 Å². The van der Waals surface area contributed by atoms with Crippen molar-refractivity contribution in [2.24, 2.45) is 11.1 Å². The summed E-state index contributed by atoms with van der Waals surface area (Å²) >= 11 is 5.98. The van der Waals surface area contributed by atoms with Crippen LogP contribution >= 0.6 is 32.3 Å². The van der Waals surface area contributed by atoms with Gasteiger partial charge in [-0.1, -0.05) is 54.4 Å². The molecule has 178 valence electrons. The van der Waals surface area contributed by atoms with E-state index in [1.54, 1.807) is 12.1 Å². The van der Waals surface area contributed by atoms with Gasteiger partial charge < -0.3 is 10.5 Å². The Morgan fingerprint density at radius 2 is 1.97 bits per heavy atom. The van der Waals surface area contributed by atoms with Crippen LogP contribution in [0.3, 0.4) is 0 Å². The van der Waals surface area contributed by atoms with E-state index in [0.29, 0.717) is 9.49 Å². The van der Waals surface area contributed by atoms with Gasteiger partial charge in [-0.2, -0.15) is 0 Å². The lowest BCUT2D eigenvalue weighted by Gasteiger charge is -2.45. The molecular formula is C28H28ClFINO2. The first-order valence-corrected chi connectivity index (χ1v) is 14.4. The van der Waals surface area contributed by atoms with E-state index in [9.17, 15) is 9.18 Å². The van der Waals surface area contributed by atoms with Crippen LogP contribution in [0.2, 0.25) is 5.02 Å². The predicted octanol–water partition coefficient (Wildman–Crippen LogP) is 7.20. The van der Waals surface area contributed by atoms with Gasteiger partial charge in [0.15, 0.2) is 0 Å². The Morgan fingerprint density at radius 3 is 2.71 bits per heavy atom. The minimum Gasteiger partial charge on any atom is -0.370 e. The number of primary amides is 1. The molecule has 1 amide bonds. The molecule has 34 heavy (non-hydrogen) atoms. The molecule has 0 spiro atoms. The van der Waals surface area contributed by atoms with Gasteiger partial charge in [0.2, 0.25) is 0 Å². The summed E-state index contributed by atoms with van der Waals surface area (Å²) < 4.78 is 23.8. The molecule has 3 aliphatic rings. The molecule has 3 nitrogen and oxygen atoms in total. The molecule has 0 bridgehead atoms. The van der Waals surface area contributed by atoms with Crippen LogP contribution in [0.1, 0.15) is 64.9 Å². The second-order valence-electron chi connectivity index (χ2n) is 9.84. The average Bonchev–Trinajstić information content (AvgIpc) is 3.06. The van der Waals surface area contributed by atoms with Gasteiger partial charge in [0.1, 0.15) is 5.82 Å². The SMILES string of the molecule is CC12CC3=C(C=C1CC[C@]2(C)OCc1cccc(F)c1C(N)=O)CC(c1ccc(Cl)cc1)I=C3. The third kappa shape index (κ3) is 4.10. The summed E-state index contributed by atoms with van der Waals surface area (Å²) in [6, 6.07) is 12.9. The van der Waals surface area contributed by atoms with Gasteiger partial charge >= 0.3 is 0 Å². The van der Waals surface area contributed by atoms with E-state index in [0.717, 1.165) is 30.7 Å². The number of alkyl halides is 1. The Labute approximate surface area is 215 Å². The number of halogens is 3. The Bertz CT molecular complexity index is 1250. The fraction of sp³-hybridized carbons (Fsp3) is 0.357. The van der Waals surface area contributed by atoms with Gasteiger partial charge in [-0.05, 0) is 77.1 Å². The van der Waals surface area contributed by atoms with E-state index in [-0.39, 0.29) is 38.3 Å². The lowest BCUT2D eigenvalue weighted by Crippen LogP contribution is -2.44. The normalized spacial score (nSPS) is 28.1. The van der Waals surface area contributed by atoms with Crippen molar-refractivity contribution in [2.45, 2.75) is 55.7 Å². The first kappa shape index (κ1) is 23.9. The second kappa shape index (κ2) is 8.99. The van der Waals surface area contributed by atoms with Crippen molar-refractivity contribution < 1.29 is 13.9 Å². The number of amides is 1. The molecule has 6 heteroatoms. The number of hydrogen-bond acceptors (Lipinski definition) is 2. The number of carbonyl (C=O) groups excluding carboxylic acids is 1. The fourth-order valence-electron chi connectivity index (χ4n) is 5.58. The molecule has 5 rings (SSSR count). The summed E-state index contributed by atoms with van der Waals surface area (Å²) in [4.78, 5) is 11.8. The second-order valence-corrected chi connectivity index (χ2v) is 13.1. The minimum atomic E-state index is -0.761. The molecule has 0 aromatic heterocycles. The number of ether oxygens (including phenoxy) is 1. The summed E-state index contributed by atoms with van der Waals surface area (Å²) in [5, 5.41) is 0.781. The van der Waals surface area contributed by atoms with E-state index in [4.69, 9.17) is 22.1 Å². The first-order chi connectivity index (χ1) is 16.2. The molecule has 3 atom stereocenters. The highest BCUT2D eigenvalue weighted by atomic mass is 127. The Balaban J connectivity index is 1.36. The molecule has 0 radical (unpaired) electrons. The van der Waals surface area contributed by atoms with E-state index >= 15 is 0 Å². The monoisotopic (exact) mass is 591 g/mol. The maximum Gasteiger partial charge on any atom is 0.252 e.